The van der Waals surface area contributed by atoms with Crippen LogP contribution in [-0.2, 0) is 0 Å². The Kier molecular flexibility index (Phi) is 4.03. The Morgan fingerprint density at radius 2 is 2.17 bits per heavy atom. The molecule has 0 aliphatic rings. The molecule has 2 N–H and O–H groups in total. The first-order valence-corrected chi connectivity index (χ1v) is 5.81. The van der Waals surface area contributed by atoms with Crippen molar-refractivity contribution in [1.82, 2.24) is 20.5 Å². The Bertz CT molecular complexity index is 547. The SMILES string of the molecule is CNC(=S)N/N=C\c1cnn(-c2ccccc2)c1. The molecule has 18 heavy (non-hydrogen) atoms. The number of nitrogens with zero attached hydrogens (tertiary/aromatic N) is 3. The van der Waals surface area contributed by atoms with Crippen LogP contribution in [0.15, 0.2) is 47.8 Å². The summed E-state index contributed by atoms with van der Waals surface area (Å²) in [6.07, 6.45) is 5.29. The number of hydrogen-bond acceptors (Lipinski definition) is 3. The van der Waals surface area contributed by atoms with Crippen LogP contribution >= 0.6 is 12.2 Å². The second kappa shape index (κ2) is 5.92. The molecule has 0 spiro atoms. The van der Waals surface area contributed by atoms with Crippen LogP contribution in [0.25, 0.3) is 5.69 Å². The molecular formula is C12H13N5S. The van der Waals surface area contributed by atoms with Gasteiger partial charge in [0.1, 0.15) is 0 Å². The van der Waals surface area contributed by atoms with E-state index >= 15 is 0 Å². The third kappa shape index (κ3) is 3.14. The number of aromatic nitrogens is 2. The number of thiocarbonyl (C=S) groups is 1. The number of para-hydroxylation sites is 1. The lowest BCUT2D eigenvalue weighted by molar-refractivity contribution is 0.880. The van der Waals surface area contributed by atoms with Gasteiger partial charge in [-0.2, -0.15) is 10.2 Å². The fourth-order valence-corrected chi connectivity index (χ4v) is 1.40. The van der Waals surface area contributed by atoms with E-state index < -0.39 is 0 Å². The van der Waals surface area contributed by atoms with Crippen molar-refractivity contribution >= 4 is 23.5 Å². The minimum absolute atomic E-state index is 0.474. The highest BCUT2D eigenvalue weighted by Crippen LogP contribution is 2.06. The molecule has 5 nitrogen and oxygen atoms in total. The molecule has 1 aromatic carbocycles. The van der Waals surface area contributed by atoms with Gasteiger partial charge in [-0.1, -0.05) is 18.2 Å². The van der Waals surface area contributed by atoms with E-state index in [1.165, 1.54) is 0 Å². The molecule has 92 valence electrons. The van der Waals surface area contributed by atoms with Crippen molar-refractivity contribution in [2.24, 2.45) is 5.10 Å². The number of benzene rings is 1. The van der Waals surface area contributed by atoms with Crippen LogP contribution in [-0.4, -0.2) is 28.2 Å². The lowest BCUT2D eigenvalue weighted by Gasteiger charge is -1.99. The van der Waals surface area contributed by atoms with Crippen LogP contribution in [0.4, 0.5) is 0 Å². The van der Waals surface area contributed by atoms with Crippen LogP contribution in [0.5, 0.6) is 0 Å². The van der Waals surface area contributed by atoms with E-state index in [4.69, 9.17) is 12.2 Å². The normalized spacial score (nSPS) is 10.5. The lowest BCUT2D eigenvalue weighted by Crippen LogP contribution is -2.28. The maximum absolute atomic E-state index is 4.90. The second-order valence-corrected chi connectivity index (χ2v) is 3.91. The van der Waals surface area contributed by atoms with Gasteiger partial charge in [0.2, 0.25) is 0 Å². The quantitative estimate of drug-likeness (QED) is 0.495. The van der Waals surface area contributed by atoms with Crippen molar-refractivity contribution in [2.75, 3.05) is 7.05 Å². The summed E-state index contributed by atoms with van der Waals surface area (Å²) in [5.74, 6) is 0. The highest BCUT2D eigenvalue weighted by Gasteiger charge is 1.97. The zero-order valence-electron chi connectivity index (χ0n) is 9.87. The predicted octanol–water partition coefficient (Wildman–Crippen LogP) is 1.30. The summed E-state index contributed by atoms with van der Waals surface area (Å²) in [5, 5.41) is 11.5. The first-order valence-electron chi connectivity index (χ1n) is 5.40. The second-order valence-electron chi connectivity index (χ2n) is 3.50. The summed E-state index contributed by atoms with van der Waals surface area (Å²) < 4.78 is 1.79. The van der Waals surface area contributed by atoms with Gasteiger partial charge in [0.25, 0.3) is 0 Å². The van der Waals surface area contributed by atoms with Gasteiger partial charge in [0.05, 0.1) is 18.1 Å². The molecule has 2 rings (SSSR count). The first kappa shape index (κ1) is 12.3. The Morgan fingerprint density at radius 1 is 1.39 bits per heavy atom. The highest BCUT2D eigenvalue weighted by molar-refractivity contribution is 7.80. The van der Waals surface area contributed by atoms with Crippen LogP contribution in [0.1, 0.15) is 5.56 Å². The van der Waals surface area contributed by atoms with Crippen molar-refractivity contribution in [1.29, 1.82) is 0 Å². The summed E-state index contributed by atoms with van der Waals surface area (Å²) >= 11 is 4.90. The molecule has 6 heteroatoms. The molecule has 1 heterocycles. The molecular weight excluding hydrogens is 246 g/mol. The fourth-order valence-electron chi connectivity index (χ4n) is 1.35. The Morgan fingerprint density at radius 3 is 2.89 bits per heavy atom. The molecule has 0 amide bonds. The maximum atomic E-state index is 4.90. The summed E-state index contributed by atoms with van der Waals surface area (Å²) in [4.78, 5) is 0. The van der Waals surface area contributed by atoms with E-state index in [1.54, 1.807) is 24.1 Å². The average Bonchev–Trinajstić information content (AvgIpc) is 2.88. The maximum Gasteiger partial charge on any atom is 0.186 e. The topological polar surface area (TPSA) is 54.2 Å². The van der Waals surface area contributed by atoms with Crippen LogP contribution in [0, 0.1) is 0 Å². The molecule has 2 aromatic rings. The average molecular weight is 259 g/mol. The third-order valence-electron chi connectivity index (χ3n) is 2.23. The summed E-state index contributed by atoms with van der Waals surface area (Å²) in [6, 6.07) is 9.89. The molecule has 0 atom stereocenters. The molecule has 1 aromatic heterocycles. The van der Waals surface area contributed by atoms with E-state index in [0.29, 0.717) is 5.11 Å². The number of rotatable bonds is 3. The number of hydrazone groups is 1. The molecule has 0 saturated carbocycles. The number of nitrogens with one attached hydrogen (secondary N) is 2. The van der Waals surface area contributed by atoms with Crippen LogP contribution in [0.2, 0.25) is 0 Å². The van der Waals surface area contributed by atoms with Crippen molar-refractivity contribution in [2.45, 2.75) is 0 Å². The Balaban J connectivity index is 2.05. The van der Waals surface area contributed by atoms with Crippen molar-refractivity contribution in [3.05, 3.63) is 48.3 Å². The van der Waals surface area contributed by atoms with Gasteiger partial charge in [-0.15, -0.1) is 0 Å². The third-order valence-corrected chi connectivity index (χ3v) is 2.53. The predicted molar refractivity (Wildman–Crippen MR) is 76.0 cm³/mol. The van der Waals surface area contributed by atoms with Crippen molar-refractivity contribution in [3.8, 4) is 5.69 Å². The first-order chi connectivity index (χ1) is 8.79. The molecule has 0 aliphatic heterocycles. The minimum Gasteiger partial charge on any atom is -0.364 e. The van der Waals surface area contributed by atoms with Crippen LogP contribution < -0.4 is 10.7 Å². The molecule has 0 radical (unpaired) electrons. The van der Waals surface area contributed by atoms with E-state index in [1.807, 2.05) is 36.5 Å². The monoisotopic (exact) mass is 259 g/mol. The zero-order chi connectivity index (χ0) is 12.8. The lowest BCUT2D eigenvalue weighted by atomic mass is 10.3. The zero-order valence-corrected chi connectivity index (χ0v) is 10.7. The number of hydrogen-bond donors (Lipinski definition) is 2. The van der Waals surface area contributed by atoms with E-state index in [9.17, 15) is 0 Å². The van der Waals surface area contributed by atoms with E-state index in [2.05, 4.69) is 20.9 Å². The van der Waals surface area contributed by atoms with Gasteiger partial charge in [-0.3, -0.25) is 5.43 Å². The minimum atomic E-state index is 0.474. The van der Waals surface area contributed by atoms with Gasteiger partial charge in [-0.05, 0) is 24.4 Å². The van der Waals surface area contributed by atoms with Gasteiger partial charge in [0, 0.05) is 18.8 Å². The van der Waals surface area contributed by atoms with Crippen LogP contribution in [0.3, 0.4) is 0 Å². The molecule has 0 bridgehead atoms. The standard InChI is InChI=1S/C12H13N5S/c1-13-12(18)16-14-7-10-8-15-17(9-10)11-5-3-2-4-6-11/h2-9H,1H3,(H2,13,16,18)/b14-7-. The molecule has 0 aliphatic carbocycles. The highest BCUT2D eigenvalue weighted by atomic mass is 32.1. The summed E-state index contributed by atoms with van der Waals surface area (Å²) in [7, 11) is 1.73. The van der Waals surface area contributed by atoms with E-state index in [-0.39, 0.29) is 0 Å². The Labute approximate surface area is 111 Å². The van der Waals surface area contributed by atoms with Gasteiger partial charge >= 0.3 is 0 Å². The van der Waals surface area contributed by atoms with Gasteiger partial charge in [-0.25, -0.2) is 4.68 Å². The fraction of sp³-hybridized carbons (Fsp3) is 0.0833. The van der Waals surface area contributed by atoms with Crippen molar-refractivity contribution in [3.63, 3.8) is 0 Å². The molecule has 0 fully saturated rings. The molecule has 0 saturated heterocycles. The van der Waals surface area contributed by atoms with Gasteiger partial charge in [0.15, 0.2) is 5.11 Å². The Hall–Kier alpha value is -2.21. The van der Waals surface area contributed by atoms with E-state index in [0.717, 1.165) is 11.3 Å². The largest absolute Gasteiger partial charge is 0.364 e. The molecule has 0 unspecified atom stereocenters. The van der Waals surface area contributed by atoms with Gasteiger partial charge < -0.3 is 5.32 Å². The summed E-state index contributed by atoms with van der Waals surface area (Å²) in [5.41, 5.74) is 4.59. The smallest absolute Gasteiger partial charge is 0.186 e. The van der Waals surface area contributed by atoms with Crippen molar-refractivity contribution < 1.29 is 0 Å². The summed E-state index contributed by atoms with van der Waals surface area (Å²) in [6.45, 7) is 0.